The summed E-state index contributed by atoms with van der Waals surface area (Å²) in [5, 5.41) is 2.79. The van der Waals surface area contributed by atoms with Gasteiger partial charge in [0.25, 0.3) is 0 Å². The highest BCUT2D eigenvalue weighted by molar-refractivity contribution is 5.80. The van der Waals surface area contributed by atoms with E-state index in [1.54, 1.807) is 6.20 Å². The lowest BCUT2D eigenvalue weighted by Crippen LogP contribution is -2.45. The van der Waals surface area contributed by atoms with Crippen molar-refractivity contribution in [2.24, 2.45) is 22.4 Å². The van der Waals surface area contributed by atoms with Gasteiger partial charge in [-0.25, -0.2) is 4.99 Å². The zero-order valence-corrected chi connectivity index (χ0v) is 6.25. The molecule has 0 amide bonds. The molecule has 0 aromatic carbocycles. The molecule has 11 heavy (non-hydrogen) atoms. The van der Waals surface area contributed by atoms with E-state index in [4.69, 9.17) is 11.5 Å². The standard InChI is InChI=1S/C7H12N4/c8-6-10-4-3-7(9,11-6)5-1-2-5/h3-5H,1-2,9H2,(H3,8,10,11). The summed E-state index contributed by atoms with van der Waals surface area (Å²) in [6, 6.07) is 0. The predicted molar refractivity (Wildman–Crippen MR) is 43.5 cm³/mol. The van der Waals surface area contributed by atoms with Crippen LogP contribution in [0.2, 0.25) is 0 Å². The zero-order chi connectivity index (χ0) is 7.90. The monoisotopic (exact) mass is 152 g/mol. The molecule has 1 heterocycles. The number of nitrogens with zero attached hydrogens (tertiary/aromatic N) is 1. The second-order valence-corrected chi connectivity index (χ2v) is 3.14. The fourth-order valence-electron chi connectivity index (χ4n) is 1.31. The van der Waals surface area contributed by atoms with Crippen molar-refractivity contribution < 1.29 is 0 Å². The number of aliphatic imine (C=N–C) groups is 1. The second-order valence-electron chi connectivity index (χ2n) is 3.14. The van der Waals surface area contributed by atoms with Crippen LogP contribution in [-0.2, 0) is 0 Å². The fourth-order valence-corrected chi connectivity index (χ4v) is 1.31. The summed E-state index contributed by atoms with van der Waals surface area (Å²) in [7, 11) is 0. The predicted octanol–water partition coefficient (Wildman–Crippen LogP) is -0.517. The van der Waals surface area contributed by atoms with Crippen molar-refractivity contribution in [1.29, 1.82) is 0 Å². The number of rotatable bonds is 1. The highest BCUT2D eigenvalue weighted by atomic mass is 15.2. The molecular formula is C7H12N4. The van der Waals surface area contributed by atoms with Gasteiger partial charge in [0.05, 0.1) is 0 Å². The summed E-state index contributed by atoms with van der Waals surface area (Å²) in [6.45, 7) is 0. The molecule has 2 rings (SSSR count). The molecule has 60 valence electrons. The number of nitrogens with two attached hydrogens (primary N) is 2. The van der Waals surface area contributed by atoms with E-state index < -0.39 is 5.66 Å². The maximum atomic E-state index is 5.96. The molecular weight excluding hydrogens is 140 g/mol. The minimum atomic E-state index is -0.519. The summed E-state index contributed by atoms with van der Waals surface area (Å²) < 4.78 is 0. The number of hydrogen-bond acceptors (Lipinski definition) is 4. The first-order chi connectivity index (χ1) is 5.21. The molecule has 1 saturated carbocycles. The van der Waals surface area contributed by atoms with Gasteiger partial charge in [-0.2, -0.15) is 0 Å². The van der Waals surface area contributed by atoms with E-state index in [1.807, 2.05) is 6.08 Å². The quantitative estimate of drug-likeness (QED) is 0.473. The molecule has 0 saturated heterocycles. The molecule has 1 aliphatic carbocycles. The van der Waals surface area contributed by atoms with Gasteiger partial charge in [0.2, 0.25) is 0 Å². The van der Waals surface area contributed by atoms with Gasteiger partial charge in [-0.1, -0.05) is 0 Å². The number of guanidine groups is 1. The van der Waals surface area contributed by atoms with Crippen LogP contribution in [-0.4, -0.2) is 11.6 Å². The molecule has 1 atom stereocenters. The van der Waals surface area contributed by atoms with Crippen LogP contribution >= 0.6 is 0 Å². The maximum Gasteiger partial charge on any atom is 0.194 e. The van der Waals surface area contributed by atoms with E-state index in [1.165, 1.54) is 0 Å². The van der Waals surface area contributed by atoms with Crippen LogP contribution in [0.15, 0.2) is 17.3 Å². The summed E-state index contributed by atoms with van der Waals surface area (Å²) in [5.74, 6) is 0.918. The van der Waals surface area contributed by atoms with Crippen LogP contribution in [0.3, 0.4) is 0 Å². The zero-order valence-electron chi connectivity index (χ0n) is 6.25. The molecule has 4 nitrogen and oxygen atoms in total. The summed E-state index contributed by atoms with van der Waals surface area (Å²) in [5.41, 5.74) is 10.9. The van der Waals surface area contributed by atoms with Gasteiger partial charge in [0.1, 0.15) is 5.66 Å². The number of hydrogen-bond donors (Lipinski definition) is 3. The Morgan fingerprint density at radius 3 is 2.91 bits per heavy atom. The second kappa shape index (κ2) is 1.98. The van der Waals surface area contributed by atoms with E-state index in [-0.39, 0.29) is 0 Å². The Bertz CT molecular complexity index is 229. The van der Waals surface area contributed by atoms with Crippen LogP contribution in [0.5, 0.6) is 0 Å². The first-order valence-electron chi connectivity index (χ1n) is 3.79. The minimum absolute atomic E-state index is 0.418. The van der Waals surface area contributed by atoms with Gasteiger partial charge in [-0.3, -0.25) is 0 Å². The van der Waals surface area contributed by atoms with Crippen LogP contribution < -0.4 is 16.8 Å². The average molecular weight is 152 g/mol. The molecule has 1 unspecified atom stereocenters. The molecule has 5 N–H and O–H groups in total. The van der Waals surface area contributed by atoms with Gasteiger partial charge in [0.15, 0.2) is 5.96 Å². The lowest BCUT2D eigenvalue weighted by atomic mass is 10.1. The summed E-state index contributed by atoms with van der Waals surface area (Å²) >= 11 is 0. The normalized spacial score (nSPS) is 36.3. The molecule has 0 bridgehead atoms. The third kappa shape index (κ3) is 1.09. The Labute approximate surface area is 65.4 Å². The van der Waals surface area contributed by atoms with Gasteiger partial charge in [-0.15, -0.1) is 0 Å². The Balaban J connectivity index is 2.22. The number of nitrogens with one attached hydrogen (secondary N) is 1. The maximum absolute atomic E-state index is 5.96. The third-order valence-electron chi connectivity index (χ3n) is 2.13. The largest absolute Gasteiger partial charge is 0.370 e. The Morgan fingerprint density at radius 2 is 2.36 bits per heavy atom. The molecule has 0 radical (unpaired) electrons. The van der Waals surface area contributed by atoms with Crippen LogP contribution in [0.25, 0.3) is 0 Å². The molecule has 0 aromatic heterocycles. The van der Waals surface area contributed by atoms with Crippen molar-refractivity contribution in [1.82, 2.24) is 5.32 Å². The van der Waals surface area contributed by atoms with Gasteiger partial charge in [-0.05, 0) is 18.9 Å². The van der Waals surface area contributed by atoms with Gasteiger partial charge in [0, 0.05) is 12.1 Å². The average Bonchev–Trinajstić information content (AvgIpc) is 2.66. The molecule has 0 spiro atoms. The van der Waals surface area contributed by atoms with Crippen LogP contribution in [0, 0.1) is 5.92 Å². The van der Waals surface area contributed by atoms with Crippen LogP contribution in [0.1, 0.15) is 12.8 Å². The van der Waals surface area contributed by atoms with Crippen LogP contribution in [0.4, 0.5) is 0 Å². The minimum Gasteiger partial charge on any atom is -0.370 e. The van der Waals surface area contributed by atoms with Crippen molar-refractivity contribution in [3.8, 4) is 0 Å². The first-order valence-corrected chi connectivity index (χ1v) is 3.79. The van der Waals surface area contributed by atoms with Crippen molar-refractivity contribution in [3.05, 3.63) is 12.3 Å². The molecule has 1 fully saturated rings. The molecule has 0 aromatic rings. The lowest BCUT2D eigenvalue weighted by molar-refractivity contribution is 0.477. The van der Waals surface area contributed by atoms with Crippen molar-refractivity contribution in [3.63, 3.8) is 0 Å². The SMILES string of the molecule is NC1=NC(N)(C2CC2)C=CN1. The summed E-state index contributed by atoms with van der Waals surface area (Å²) in [4.78, 5) is 4.15. The molecule has 4 heteroatoms. The highest BCUT2D eigenvalue weighted by Crippen LogP contribution is 2.40. The van der Waals surface area contributed by atoms with E-state index in [9.17, 15) is 0 Å². The molecule has 1 aliphatic heterocycles. The Hall–Kier alpha value is -1.03. The highest BCUT2D eigenvalue weighted by Gasteiger charge is 2.41. The smallest absolute Gasteiger partial charge is 0.194 e. The lowest BCUT2D eigenvalue weighted by Gasteiger charge is -2.24. The fraction of sp³-hybridized carbons (Fsp3) is 0.571. The first kappa shape index (κ1) is 6.67. The van der Waals surface area contributed by atoms with E-state index in [0.717, 1.165) is 12.8 Å². The molecule has 2 aliphatic rings. The third-order valence-corrected chi connectivity index (χ3v) is 2.13. The summed E-state index contributed by atoms with van der Waals surface area (Å²) in [6.07, 6.45) is 5.97. The van der Waals surface area contributed by atoms with Crippen molar-refractivity contribution in [2.45, 2.75) is 18.5 Å². The Morgan fingerprint density at radius 1 is 1.64 bits per heavy atom. The van der Waals surface area contributed by atoms with Gasteiger partial charge >= 0.3 is 0 Å². The van der Waals surface area contributed by atoms with E-state index in [2.05, 4.69) is 10.3 Å². The van der Waals surface area contributed by atoms with E-state index in [0.29, 0.717) is 11.9 Å². The van der Waals surface area contributed by atoms with E-state index >= 15 is 0 Å². The van der Waals surface area contributed by atoms with Crippen molar-refractivity contribution >= 4 is 5.96 Å². The Kier molecular flexibility index (Phi) is 1.20. The van der Waals surface area contributed by atoms with Gasteiger partial charge < -0.3 is 16.8 Å². The van der Waals surface area contributed by atoms with Crippen molar-refractivity contribution in [2.75, 3.05) is 0 Å². The topological polar surface area (TPSA) is 76.4 Å².